The van der Waals surface area contributed by atoms with E-state index >= 15 is 0 Å². The molecule has 0 fully saturated rings. The molecule has 2 rings (SSSR count). The summed E-state index contributed by atoms with van der Waals surface area (Å²) in [5, 5.41) is 0. The number of fused-ring (bicyclic) bond motifs is 1. The van der Waals surface area contributed by atoms with Crippen LogP contribution in [-0.4, -0.2) is 26.1 Å². The molecule has 1 aliphatic rings. The molecular weight excluding hydrogens is 228 g/mol. The maximum Gasteiger partial charge on any atom is 0.227 e. The van der Waals surface area contributed by atoms with Crippen molar-refractivity contribution in [2.45, 2.75) is 25.9 Å². The number of benzene rings is 1. The van der Waals surface area contributed by atoms with Gasteiger partial charge in [-0.05, 0) is 30.5 Å². The molecule has 4 heteroatoms. The van der Waals surface area contributed by atoms with Crippen LogP contribution in [0, 0.1) is 0 Å². The molecule has 0 aromatic heterocycles. The minimum Gasteiger partial charge on any atom is -0.373 e. The monoisotopic (exact) mass is 248 g/mol. The molecule has 1 aromatic carbocycles. The predicted octanol–water partition coefficient (Wildman–Crippen LogP) is 1.63. The van der Waals surface area contributed by atoms with Crippen LogP contribution >= 0.6 is 0 Å². The molecule has 0 bridgehead atoms. The van der Waals surface area contributed by atoms with Gasteiger partial charge in [-0.15, -0.1) is 0 Å². The maximum atomic E-state index is 11.6. The number of hydrogen-bond acceptors (Lipinski definition) is 3. The van der Waals surface area contributed by atoms with E-state index in [1.54, 1.807) is 4.90 Å². The molecule has 0 radical (unpaired) electrons. The third kappa shape index (κ3) is 2.54. The normalized spacial score (nSPS) is 16.6. The molecule has 1 amide bonds. The lowest BCUT2D eigenvalue weighted by Crippen LogP contribution is -2.31. The summed E-state index contributed by atoms with van der Waals surface area (Å²) < 4.78 is 5.61. The highest BCUT2D eigenvalue weighted by Gasteiger charge is 2.21. The number of anilines is 1. The van der Waals surface area contributed by atoms with Crippen LogP contribution in [-0.2, 0) is 16.0 Å². The Morgan fingerprint density at radius 3 is 2.94 bits per heavy atom. The van der Waals surface area contributed by atoms with Crippen LogP contribution in [0.4, 0.5) is 5.69 Å². The van der Waals surface area contributed by atoms with Crippen molar-refractivity contribution in [2.75, 3.05) is 25.1 Å². The molecule has 0 aliphatic carbocycles. The van der Waals surface area contributed by atoms with Crippen molar-refractivity contribution in [1.29, 1.82) is 0 Å². The fourth-order valence-corrected chi connectivity index (χ4v) is 2.27. The van der Waals surface area contributed by atoms with Crippen LogP contribution in [0.15, 0.2) is 18.2 Å². The van der Waals surface area contributed by atoms with E-state index in [2.05, 4.69) is 6.07 Å². The zero-order valence-corrected chi connectivity index (χ0v) is 11.0. The van der Waals surface area contributed by atoms with Crippen LogP contribution in [0.2, 0.25) is 0 Å². The van der Waals surface area contributed by atoms with Crippen LogP contribution < -0.4 is 10.6 Å². The summed E-state index contributed by atoms with van der Waals surface area (Å²) >= 11 is 0. The summed E-state index contributed by atoms with van der Waals surface area (Å²) in [7, 11) is 1.83. The molecule has 1 aliphatic heterocycles. The van der Waals surface area contributed by atoms with E-state index in [0.29, 0.717) is 19.6 Å². The zero-order valence-electron chi connectivity index (χ0n) is 11.0. The molecule has 2 N–H and O–H groups in total. The molecule has 98 valence electrons. The average Bonchev–Trinajstić information content (AvgIpc) is 2.40. The van der Waals surface area contributed by atoms with Gasteiger partial charge < -0.3 is 15.4 Å². The second kappa shape index (κ2) is 5.50. The van der Waals surface area contributed by atoms with E-state index in [4.69, 9.17) is 10.5 Å². The van der Waals surface area contributed by atoms with Crippen molar-refractivity contribution in [3.63, 3.8) is 0 Å². The van der Waals surface area contributed by atoms with E-state index in [9.17, 15) is 4.79 Å². The number of amides is 1. The van der Waals surface area contributed by atoms with Crippen molar-refractivity contribution in [3.8, 4) is 0 Å². The predicted molar refractivity (Wildman–Crippen MR) is 71.6 cm³/mol. The van der Waals surface area contributed by atoms with Crippen LogP contribution in [0.1, 0.15) is 30.6 Å². The topological polar surface area (TPSA) is 55.6 Å². The number of carbonyl (C=O) groups is 1. The van der Waals surface area contributed by atoms with Crippen molar-refractivity contribution in [1.82, 2.24) is 0 Å². The van der Waals surface area contributed by atoms with Gasteiger partial charge in [-0.25, -0.2) is 0 Å². The molecule has 1 unspecified atom stereocenters. The first-order valence-electron chi connectivity index (χ1n) is 6.34. The Balaban J connectivity index is 2.20. The minimum atomic E-state index is 0.0433. The average molecular weight is 248 g/mol. The summed E-state index contributed by atoms with van der Waals surface area (Å²) in [5.41, 5.74) is 8.81. The molecule has 0 saturated carbocycles. The summed E-state index contributed by atoms with van der Waals surface area (Å²) in [4.78, 5) is 13.3. The Bertz CT molecular complexity index is 445. The van der Waals surface area contributed by atoms with Gasteiger partial charge in [0.1, 0.15) is 0 Å². The number of rotatable bonds is 4. The number of nitrogens with zero attached hydrogens (tertiary/aromatic N) is 1. The SMILES string of the molecule is CC(OCCN)c1ccc2c(c1)CCC(=O)N2C. The highest BCUT2D eigenvalue weighted by molar-refractivity contribution is 5.95. The van der Waals surface area contributed by atoms with Gasteiger partial charge in [-0.3, -0.25) is 4.79 Å². The van der Waals surface area contributed by atoms with E-state index in [1.807, 2.05) is 26.1 Å². The first-order chi connectivity index (χ1) is 8.63. The second-order valence-corrected chi connectivity index (χ2v) is 4.64. The quantitative estimate of drug-likeness (QED) is 0.881. The van der Waals surface area contributed by atoms with Gasteiger partial charge in [0.05, 0.1) is 12.7 Å². The third-order valence-corrected chi connectivity index (χ3v) is 3.40. The van der Waals surface area contributed by atoms with Gasteiger partial charge >= 0.3 is 0 Å². The molecular formula is C14H20N2O2. The van der Waals surface area contributed by atoms with Gasteiger partial charge in [0.15, 0.2) is 0 Å². The van der Waals surface area contributed by atoms with E-state index < -0.39 is 0 Å². The summed E-state index contributed by atoms with van der Waals surface area (Å²) in [6.07, 6.45) is 1.45. The Morgan fingerprint density at radius 2 is 2.22 bits per heavy atom. The van der Waals surface area contributed by atoms with E-state index in [0.717, 1.165) is 17.7 Å². The standard InChI is InChI=1S/C14H20N2O2/c1-10(18-8-7-15)11-3-5-13-12(9-11)4-6-14(17)16(13)2/h3,5,9-10H,4,6-8,15H2,1-2H3. The van der Waals surface area contributed by atoms with Crippen molar-refractivity contribution < 1.29 is 9.53 Å². The fraction of sp³-hybridized carbons (Fsp3) is 0.500. The Morgan fingerprint density at radius 1 is 1.44 bits per heavy atom. The molecule has 1 aromatic rings. The highest BCUT2D eigenvalue weighted by atomic mass is 16.5. The first-order valence-corrected chi connectivity index (χ1v) is 6.34. The summed E-state index contributed by atoms with van der Waals surface area (Å²) in [6.45, 7) is 3.12. The van der Waals surface area contributed by atoms with Gasteiger partial charge in [-0.1, -0.05) is 12.1 Å². The number of aryl methyl sites for hydroxylation is 1. The first kappa shape index (κ1) is 13.1. The van der Waals surface area contributed by atoms with Crippen LogP contribution in [0.25, 0.3) is 0 Å². The highest BCUT2D eigenvalue weighted by Crippen LogP contribution is 2.30. The minimum absolute atomic E-state index is 0.0433. The lowest BCUT2D eigenvalue weighted by molar-refractivity contribution is -0.118. The van der Waals surface area contributed by atoms with Crippen LogP contribution in [0.3, 0.4) is 0 Å². The van der Waals surface area contributed by atoms with Crippen LogP contribution in [0.5, 0.6) is 0 Å². The smallest absolute Gasteiger partial charge is 0.227 e. The Hall–Kier alpha value is -1.39. The van der Waals surface area contributed by atoms with Crippen molar-refractivity contribution in [2.24, 2.45) is 5.73 Å². The molecule has 18 heavy (non-hydrogen) atoms. The lowest BCUT2D eigenvalue weighted by Gasteiger charge is -2.26. The molecule has 0 saturated heterocycles. The van der Waals surface area contributed by atoms with E-state index in [1.165, 1.54) is 5.56 Å². The number of hydrogen-bond donors (Lipinski definition) is 1. The van der Waals surface area contributed by atoms with E-state index in [-0.39, 0.29) is 12.0 Å². The van der Waals surface area contributed by atoms with Gasteiger partial charge in [-0.2, -0.15) is 0 Å². The van der Waals surface area contributed by atoms with Crippen molar-refractivity contribution >= 4 is 11.6 Å². The second-order valence-electron chi connectivity index (χ2n) is 4.64. The summed E-state index contributed by atoms with van der Waals surface area (Å²) in [6, 6.07) is 6.17. The molecule has 0 spiro atoms. The third-order valence-electron chi connectivity index (χ3n) is 3.40. The van der Waals surface area contributed by atoms with Gasteiger partial charge in [0, 0.05) is 25.7 Å². The maximum absolute atomic E-state index is 11.6. The van der Waals surface area contributed by atoms with Crippen molar-refractivity contribution in [3.05, 3.63) is 29.3 Å². The number of ether oxygens (including phenoxy) is 1. The molecule has 1 heterocycles. The molecule has 4 nitrogen and oxygen atoms in total. The number of carbonyl (C=O) groups excluding carboxylic acids is 1. The van der Waals surface area contributed by atoms with Gasteiger partial charge in [0.25, 0.3) is 0 Å². The fourth-order valence-electron chi connectivity index (χ4n) is 2.27. The zero-order chi connectivity index (χ0) is 13.1. The van der Waals surface area contributed by atoms with Gasteiger partial charge in [0.2, 0.25) is 5.91 Å². The Labute approximate surface area is 108 Å². The molecule has 1 atom stereocenters. The number of nitrogens with two attached hydrogens (primary N) is 1. The summed E-state index contributed by atoms with van der Waals surface area (Å²) in [5.74, 6) is 0.183. The largest absolute Gasteiger partial charge is 0.373 e. The lowest BCUT2D eigenvalue weighted by atomic mass is 9.97. The Kier molecular flexibility index (Phi) is 3.99.